The van der Waals surface area contributed by atoms with Crippen LogP contribution < -0.4 is 10.5 Å². The maximum absolute atomic E-state index is 10.5. The van der Waals surface area contributed by atoms with E-state index in [2.05, 4.69) is 0 Å². The molecule has 0 amide bonds. The van der Waals surface area contributed by atoms with Crippen LogP contribution in [0.3, 0.4) is 0 Å². The van der Waals surface area contributed by atoms with Crippen LogP contribution in [0.2, 0.25) is 0 Å². The van der Waals surface area contributed by atoms with Gasteiger partial charge in [-0.2, -0.15) is 0 Å². The highest BCUT2D eigenvalue weighted by molar-refractivity contribution is 5.85. The lowest BCUT2D eigenvalue weighted by molar-refractivity contribution is -0.384. The van der Waals surface area contributed by atoms with Gasteiger partial charge in [-0.3, -0.25) is 10.1 Å². The Morgan fingerprint density at radius 2 is 2.12 bits per heavy atom. The number of hydrogen-bond acceptors (Lipinski definition) is 5. The van der Waals surface area contributed by atoms with Crippen LogP contribution >= 0.6 is 12.4 Å². The average molecular weight is 263 g/mol. The molecule has 0 unspecified atom stereocenters. The van der Waals surface area contributed by atoms with Gasteiger partial charge in [0.05, 0.1) is 11.5 Å². The third-order valence-corrected chi connectivity index (χ3v) is 2.02. The molecule has 0 spiro atoms. The van der Waals surface area contributed by atoms with Crippen LogP contribution in [0.15, 0.2) is 18.2 Å². The van der Waals surface area contributed by atoms with E-state index < -0.39 is 4.92 Å². The van der Waals surface area contributed by atoms with Gasteiger partial charge in [-0.05, 0) is 6.07 Å². The molecule has 0 bridgehead atoms. The number of nitrogens with two attached hydrogens (primary N) is 1. The summed E-state index contributed by atoms with van der Waals surface area (Å²) in [4.78, 5) is 10.1. The highest BCUT2D eigenvalue weighted by atomic mass is 35.5. The molecule has 0 fully saturated rings. The summed E-state index contributed by atoms with van der Waals surface area (Å²) >= 11 is 0. The van der Waals surface area contributed by atoms with Crippen LogP contribution in [-0.2, 0) is 11.3 Å². The lowest BCUT2D eigenvalue weighted by atomic mass is 10.2. The van der Waals surface area contributed by atoms with Crippen LogP contribution in [-0.4, -0.2) is 25.2 Å². The van der Waals surface area contributed by atoms with Crippen LogP contribution in [0.5, 0.6) is 5.75 Å². The molecule has 17 heavy (non-hydrogen) atoms. The Bertz CT molecular complexity index is 373. The number of ether oxygens (including phenoxy) is 2. The highest BCUT2D eigenvalue weighted by Crippen LogP contribution is 2.23. The van der Waals surface area contributed by atoms with Crippen LogP contribution in [0.1, 0.15) is 5.56 Å². The first-order valence-electron chi connectivity index (χ1n) is 4.78. The minimum Gasteiger partial charge on any atom is -0.491 e. The van der Waals surface area contributed by atoms with Crippen molar-refractivity contribution in [2.75, 3.05) is 20.3 Å². The molecule has 0 aliphatic carbocycles. The summed E-state index contributed by atoms with van der Waals surface area (Å²) in [5, 5.41) is 10.5. The van der Waals surface area contributed by atoms with Crippen molar-refractivity contribution in [3.05, 3.63) is 33.9 Å². The second-order valence-corrected chi connectivity index (χ2v) is 3.09. The summed E-state index contributed by atoms with van der Waals surface area (Å²) in [5.41, 5.74) is 6.12. The molecule has 6 nitrogen and oxygen atoms in total. The van der Waals surface area contributed by atoms with Gasteiger partial charge in [-0.1, -0.05) is 0 Å². The maximum Gasteiger partial charge on any atom is 0.270 e. The molecule has 0 saturated heterocycles. The van der Waals surface area contributed by atoms with Crippen LogP contribution in [0.25, 0.3) is 0 Å². The predicted octanol–water partition coefficient (Wildman–Crippen LogP) is 1.50. The van der Waals surface area contributed by atoms with Gasteiger partial charge in [0, 0.05) is 31.4 Å². The molecule has 2 N–H and O–H groups in total. The number of hydrogen-bond donors (Lipinski definition) is 1. The third-order valence-electron chi connectivity index (χ3n) is 2.02. The van der Waals surface area contributed by atoms with Crippen LogP contribution in [0, 0.1) is 10.1 Å². The Hall–Kier alpha value is -1.37. The van der Waals surface area contributed by atoms with E-state index in [1.807, 2.05) is 0 Å². The predicted molar refractivity (Wildman–Crippen MR) is 65.6 cm³/mol. The summed E-state index contributed by atoms with van der Waals surface area (Å²) < 4.78 is 10.2. The van der Waals surface area contributed by atoms with E-state index in [1.54, 1.807) is 13.2 Å². The van der Waals surface area contributed by atoms with Crippen molar-refractivity contribution in [1.82, 2.24) is 0 Å². The minimum atomic E-state index is -0.460. The number of rotatable bonds is 6. The molecule has 0 aromatic heterocycles. The Morgan fingerprint density at radius 1 is 1.41 bits per heavy atom. The van der Waals surface area contributed by atoms with E-state index in [0.717, 1.165) is 0 Å². The van der Waals surface area contributed by atoms with E-state index in [9.17, 15) is 10.1 Å². The third kappa shape index (κ3) is 4.56. The van der Waals surface area contributed by atoms with Gasteiger partial charge < -0.3 is 15.2 Å². The van der Waals surface area contributed by atoms with Crippen LogP contribution in [0.4, 0.5) is 5.69 Å². The average Bonchev–Trinajstić information content (AvgIpc) is 2.29. The van der Waals surface area contributed by atoms with E-state index in [4.69, 9.17) is 15.2 Å². The summed E-state index contributed by atoms with van der Waals surface area (Å²) in [6, 6.07) is 4.36. The van der Waals surface area contributed by atoms with Crippen molar-refractivity contribution in [3.8, 4) is 5.75 Å². The van der Waals surface area contributed by atoms with Gasteiger partial charge >= 0.3 is 0 Å². The largest absolute Gasteiger partial charge is 0.491 e. The van der Waals surface area contributed by atoms with Gasteiger partial charge in [0.15, 0.2) is 0 Å². The molecule has 1 aromatic rings. The van der Waals surface area contributed by atoms with Crippen molar-refractivity contribution in [1.29, 1.82) is 0 Å². The SMILES string of the molecule is COCCOc1ccc([N+](=O)[O-])cc1CN.Cl. The summed E-state index contributed by atoms with van der Waals surface area (Å²) in [7, 11) is 1.57. The first kappa shape index (κ1) is 15.6. The summed E-state index contributed by atoms with van der Waals surface area (Å²) in [6.45, 7) is 1.05. The van der Waals surface area contributed by atoms with E-state index in [0.29, 0.717) is 24.5 Å². The molecule has 1 aromatic carbocycles. The number of nitro benzene ring substituents is 1. The molecule has 0 heterocycles. The Labute approximate surface area is 105 Å². The zero-order valence-corrected chi connectivity index (χ0v) is 10.2. The molecule has 96 valence electrons. The quantitative estimate of drug-likeness (QED) is 0.477. The maximum atomic E-state index is 10.5. The zero-order valence-electron chi connectivity index (χ0n) is 9.42. The normalized spacial score (nSPS) is 9.53. The number of nitro groups is 1. The molecular formula is C10H15ClN2O4. The Morgan fingerprint density at radius 3 is 2.65 bits per heavy atom. The van der Waals surface area contributed by atoms with Gasteiger partial charge in [-0.25, -0.2) is 0 Å². The van der Waals surface area contributed by atoms with Gasteiger partial charge in [0.1, 0.15) is 12.4 Å². The fourth-order valence-corrected chi connectivity index (χ4v) is 1.21. The van der Waals surface area contributed by atoms with Gasteiger partial charge in [-0.15, -0.1) is 12.4 Å². The number of benzene rings is 1. The molecule has 7 heteroatoms. The molecule has 0 aliphatic rings. The smallest absolute Gasteiger partial charge is 0.270 e. The van der Waals surface area contributed by atoms with E-state index >= 15 is 0 Å². The second kappa shape index (κ2) is 7.83. The van der Waals surface area contributed by atoms with Crippen molar-refractivity contribution in [3.63, 3.8) is 0 Å². The molecule has 0 aliphatic heterocycles. The van der Waals surface area contributed by atoms with E-state index in [-0.39, 0.29) is 24.6 Å². The molecular weight excluding hydrogens is 248 g/mol. The highest BCUT2D eigenvalue weighted by Gasteiger charge is 2.10. The molecule has 0 saturated carbocycles. The minimum absolute atomic E-state index is 0. The lowest BCUT2D eigenvalue weighted by Crippen LogP contribution is -2.08. The second-order valence-electron chi connectivity index (χ2n) is 3.09. The van der Waals surface area contributed by atoms with E-state index in [1.165, 1.54) is 12.1 Å². The lowest BCUT2D eigenvalue weighted by Gasteiger charge is -2.09. The number of non-ortho nitro benzene ring substituents is 1. The summed E-state index contributed by atoms with van der Waals surface area (Å²) in [6.07, 6.45) is 0. The Kier molecular flexibility index (Phi) is 7.20. The number of nitrogens with zero attached hydrogens (tertiary/aromatic N) is 1. The standard InChI is InChI=1S/C10H14N2O4.ClH/c1-15-4-5-16-10-3-2-9(12(13)14)6-8(10)7-11;/h2-3,6H,4-5,7,11H2,1H3;1H. The molecule has 0 radical (unpaired) electrons. The van der Waals surface area contributed by atoms with Crippen molar-refractivity contribution in [2.45, 2.75) is 6.54 Å². The van der Waals surface area contributed by atoms with Gasteiger partial charge in [0.2, 0.25) is 0 Å². The van der Waals surface area contributed by atoms with Gasteiger partial charge in [0.25, 0.3) is 5.69 Å². The van der Waals surface area contributed by atoms with Crippen molar-refractivity contribution >= 4 is 18.1 Å². The topological polar surface area (TPSA) is 87.6 Å². The zero-order chi connectivity index (χ0) is 12.0. The summed E-state index contributed by atoms with van der Waals surface area (Å²) in [5.74, 6) is 0.560. The fourth-order valence-electron chi connectivity index (χ4n) is 1.21. The molecule has 0 atom stereocenters. The first-order valence-corrected chi connectivity index (χ1v) is 4.78. The Balaban J connectivity index is 0.00000256. The monoisotopic (exact) mass is 262 g/mol. The molecule has 1 rings (SSSR count). The number of halogens is 1. The fraction of sp³-hybridized carbons (Fsp3) is 0.400. The van der Waals surface area contributed by atoms with Crippen molar-refractivity contribution < 1.29 is 14.4 Å². The number of methoxy groups -OCH3 is 1. The van der Waals surface area contributed by atoms with Crippen molar-refractivity contribution in [2.24, 2.45) is 5.73 Å². The first-order chi connectivity index (χ1) is 7.69.